The molecule has 0 amide bonds. The van der Waals surface area contributed by atoms with Gasteiger partial charge in [-0.15, -0.1) is 6.58 Å². The summed E-state index contributed by atoms with van der Waals surface area (Å²) in [7, 11) is 0. The number of rotatable bonds is 4. The number of anilines is 1. The number of nitrogens with zero attached hydrogens (tertiary/aromatic N) is 1. The molecule has 0 fully saturated rings. The quantitative estimate of drug-likeness (QED) is 0.825. The van der Waals surface area contributed by atoms with Crippen molar-refractivity contribution in [2.45, 2.75) is 39.3 Å². The highest BCUT2D eigenvalue weighted by Gasteiger charge is 2.26. The van der Waals surface area contributed by atoms with E-state index >= 15 is 0 Å². The van der Waals surface area contributed by atoms with Gasteiger partial charge in [0.05, 0.1) is 11.8 Å². The molecule has 1 rings (SSSR count). The third kappa shape index (κ3) is 3.10. The molecule has 1 N–H and O–H groups in total. The van der Waals surface area contributed by atoms with Crippen LogP contribution in [0.3, 0.4) is 0 Å². The first kappa shape index (κ1) is 14.7. The molecule has 0 saturated carbocycles. The zero-order chi connectivity index (χ0) is 13.9. The Labute approximate surface area is 109 Å². The maximum atomic E-state index is 14.1. The number of aliphatic hydroxyl groups is 1. The Morgan fingerprint density at radius 1 is 1.44 bits per heavy atom. The summed E-state index contributed by atoms with van der Waals surface area (Å²) >= 11 is 0. The van der Waals surface area contributed by atoms with Crippen LogP contribution in [-0.4, -0.2) is 17.2 Å². The Balaban J connectivity index is 3.39. The minimum Gasteiger partial charge on any atom is -0.389 e. The molecule has 1 aromatic rings. The minimum atomic E-state index is -0.703. The van der Waals surface area contributed by atoms with Gasteiger partial charge in [0.1, 0.15) is 5.82 Å². The van der Waals surface area contributed by atoms with Crippen molar-refractivity contribution in [3.05, 3.63) is 42.2 Å². The Morgan fingerprint density at radius 2 is 2.06 bits per heavy atom. The van der Waals surface area contributed by atoms with Crippen molar-refractivity contribution < 1.29 is 9.50 Å². The number of aliphatic hydroxyl groups excluding tert-OH is 1. The SMILES string of the molecule is C=CCN(c1c(F)cccc1[C@@H](C)O)C(C)(C)C. The third-order valence-electron chi connectivity index (χ3n) is 2.86. The van der Waals surface area contributed by atoms with Gasteiger partial charge >= 0.3 is 0 Å². The van der Waals surface area contributed by atoms with E-state index in [0.717, 1.165) is 0 Å². The van der Waals surface area contributed by atoms with E-state index in [2.05, 4.69) is 6.58 Å². The standard InChI is InChI=1S/C15H22FNO/c1-6-10-17(15(3,4)5)14-12(11(2)18)8-7-9-13(14)16/h6-9,11,18H,1,10H2,2-5H3/t11-/m1/s1. The van der Waals surface area contributed by atoms with Crippen LogP contribution in [0, 0.1) is 5.82 Å². The highest BCUT2D eigenvalue weighted by molar-refractivity contribution is 5.57. The fraction of sp³-hybridized carbons (Fsp3) is 0.467. The van der Waals surface area contributed by atoms with Crippen LogP contribution >= 0.6 is 0 Å². The Bertz CT molecular complexity index is 421. The first-order valence-electron chi connectivity index (χ1n) is 6.14. The molecule has 0 aromatic heterocycles. The lowest BCUT2D eigenvalue weighted by Crippen LogP contribution is -2.42. The molecule has 0 saturated heterocycles. The van der Waals surface area contributed by atoms with Gasteiger partial charge in [0.2, 0.25) is 0 Å². The minimum absolute atomic E-state index is 0.250. The maximum Gasteiger partial charge on any atom is 0.146 e. The molecule has 18 heavy (non-hydrogen) atoms. The first-order valence-corrected chi connectivity index (χ1v) is 6.14. The highest BCUT2D eigenvalue weighted by atomic mass is 19.1. The van der Waals surface area contributed by atoms with Crippen molar-refractivity contribution in [2.24, 2.45) is 0 Å². The molecule has 0 radical (unpaired) electrons. The smallest absolute Gasteiger partial charge is 0.146 e. The zero-order valence-corrected chi connectivity index (χ0v) is 11.6. The molecule has 0 aliphatic rings. The van der Waals surface area contributed by atoms with Crippen molar-refractivity contribution in [1.82, 2.24) is 0 Å². The van der Waals surface area contributed by atoms with Gasteiger partial charge < -0.3 is 10.0 Å². The van der Waals surface area contributed by atoms with Gasteiger partial charge in [0.15, 0.2) is 0 Å². The van der Waals surface area contributed by atoms with Crippen LogP contribution in [0.25, 0.3) is 0 Å². The van der Waals surface area contributed by atoms with Gasteiger partial charge in [0.25, 0.3) is 0 Å². The van der Waals surface area contributed by atoms with Gasteiger partial charge in [-0.1, -0.05) is 18.2 Å². The van der Waals surface area contributed by atoms with E-state index < -0.39 is 6.10 Å². The van der Waals surface area contributed by atoms with Crippen LogP contribution in [0.15, 0.2) is 30.9 Å². The predicted molar refractivity (Wildman–Crippen MR) is 74.3 cm³/mol. The van der Waals surface area contributed by atoms with Crippen molar-refractivity contribution in [2.75, 3.05) is 11.4 Å². The van der Waals surface area contributed by atoms with Gasteiger partial charge in [-0.3, -0.25) is 0 Å². The summed E-state index contributed by atoms with van der Waals surface area (Å²) in [5.74, 6) is -0.315. The molecule has 1 aromatic carbocycles. The number of halogens is 1. The summed E-state index contributed by atoms with van der Waals surface area (Å²) in [5, 5.41) is 9.79. The second-order valence-corrected chi connectivity index (χ2v) is 5.42. The molecule has 0 heterocycles. The molecular formula is C15H22FNO. The number of hydrogen-bond acceptors (Lipinski definition) is 2. The van der Waals surface area contributed by atoms with E-state index in [-0.39, 0.29) is 11.4 Å². The summed E-state index contributed by atoms with van der Waals surface area (Å²) in [6.45, 7) is 11.9. The molecular weight excluding hydrogens is 229 g/mol. The van der Waals surface area contributed by atoms with Crippen molar-refractivity contribution in [3.63, 3.8) is 0 Å². The lowest BCUT2D eigenvalue weighted by Gasteiger charge is -2.38. The molecule has 100 valence electrons. The predicted octanol–water partition coefficient (Wildman–Crippen LogP) is 3.67. The van der Waals surface area contributed by atoms with E-state index in [1.54, 1.807) is 25.1 Å². The van der Waals surface area contributed by atoms with Crippen molar-refractivity contribution >= 4 is 5.69 Å². The van der Waals surface area contributed by atoms with Crippen LogP contribution in [0.4, 0.5) is 10.1 Å². The van der Waals surface area contributed by atoms with E-state index in [4.69, 9.17) is 0 Å². The number of hydrogen-bond donors (Lipinski definition) is 1. The molecule has 0 bridgehead atoms. The monoisotopic (exact) mass is 251 g/mol. The van der Waals surface area contributed by atoms with E-state index in [0.29, 0.717) is 17.8 Å². The molecule has 0 aliphatic heterocycles. The normalized spacial score (nSPS) is 13.2. The van der Waals surface area contributed by atoms with E-state index in [9.17, 15) is 9.50 Å². The number of para-hydroxylation sites is 1. The van der Waals surface area contributed by atoms with Gasteiger partial charge in [-0.2, -0.15) is 0 Å². The lowest BCUT2D eigenvalue weighted by molar-refractivity contribution is 0.199. The first-order chi connectivity index (χ1) is 8.29. The molecule has 3 heteroatoms. The molecule has 1 atom stereocenters. The van der Waals surface area contributed by atoms with Crippen molar-refractivity contribution in [3.8, 4) is 0 Å². The maximum absolute atomic E-state index is 14.1. The summed E-state index contributed by atoms with van der Waals surface area (Å²) in [6, 6.07) is 4.80. The third-order valence-corrected chi connectivity index (χ3v) is 2.86. The summed E-state index contributed by atoms with van der Waals surface area (Å²) < 4.78 is 14.1. The fourth-order valence-electron chi connectivity index (χ4n) is 1.98. The Kier molecular flexibility index (Phi) is 4.52. The largest absolute Gasteiger partial charge is 0.389 e. The van der Waals surface area contributed by atoms with Crippen molar-refractivity contribution in [1.29, 1.82) is 0 Å². The summed E-state index contributed by atoms with van der Waals surface area (Å²) in [5.41, 5.74) is 0.812. The second kappa shape index (κ2) is 5.53. The average molecular weight is 251 g/mol. The Hall–Kier alpha value is -1.35. The zero-order valence-electron chi connectivity index (χ0n) is 11.6. The topological polar surface area (TPSA) is 23.5 Å². The van der Waals surface area contributed by atoms with Crippen LogP contribution in [0.5, 0.6) is 0 Å². The number of benzene rings is 1. The molecule has 0 spiro atoms. The molecule has 0 unspecified atom stereocenters. The van der Waals surface area contributed by atoms with Gasteiger partial charge in [0, 0.05) is 17.6 Å². The van der Waals surface area contributed by atoms with Crippen LogP contribution in [0.2, 0.25) is 0 Å². The highest BCUT2D eigenvalue weighted by Crippen LogP contribution is 2.33. The molecule has 0 aliphatic carbocycles. The summed E-state index contributed by atoms with van der Waals surface area (Å²) in [6.07, 6.45) is 1.04. The second-order valence-electron chi connectivity index (χ2n) is 5.42. The van der Waals surface area contributed by atoms with E-state index in [1.165, 1.54) is 6.07 Å². The lowest BCUT2D eigenvalue weighted by atomic mass is 10.00. The Morgan fingerprint density at radius 3 is 2.50 bits per heavy atom. The van der Waals surface area contributed by atoms with E-state index in [1.807, 2.05) is 25.7 Å². The van der Waals surface area contributed by atoms with Crippen LogP contribution < -0.4 is 4.90 Å². The fourth-order valence-corrected chi connectivity index (χ4v) is 1.98. The molecule has 2 nitrogen and oxygen atoms in total. The summed E-state index contributed by atoms with van der Waals surface area (Å²) in [4.78, 5) is 1.91. The van der Waals surface area contributed by atoms with Crippen LogP contribution in [0.1, 0.15) is 39.4 Å². The van der Waals surface area contributed by atoms with Gasteiger partial charge in [-0.25, -0.2) is 4.39 Å². The van der Waals surface area contributed by atoms with Crippen LogP contribution in [-0.2, 0) is 0 Å². The average Bonchev–Trinajstić information content (AvgIpc) is 2.24. The van der Waals surface area contributed by atoms with Gasteiger partial charge in [-0.05, 0) is 33.8 Å².